The van der Waals surface area contributed by atoms with Gasteiger partial charge in [-0.1, -0.05) is 6.92 Å². The predicted octanol–water partition coefficient (Wildman–Crippen LogP) is 2.03. The minimum atomic E-state index is 0.843. The lowest BCUT2D eigenvalue weighted by Gasteiger charge is -2.04. The minimum absolute atomic E-state index is 0.843. The Balaban J connectivity index is 2.49. The van der Waals surface area contributed by atoms with Crippen LogP contribution in [0.15, 0.2) is 6.20 Å². The first-order chi connectivity index (χ1) is 9.08. The normalized spacial score (nSPS) is 11.2. The number of hydrogen-bond acceptors (Lipinski definition) is 3. The van der Waals surface area contributed by atoms with E-state index in [0.29, 0.717) is 0 Å². The molecular weight excluding hydrogens is 238 g/mol. The van der Waals surface area contributed by atoms with E-state index in [9.17, 15) is 0 Å². The van der Waals surface area contributed by atoms with E-state index in [1.165, 1.54) is 16.8 Å². The molecule has 0 amide bonds. The SMILES string of the molecule is CCNCc1cn(C)nc1-c1c(C)nn(CC)c1C. The van der Waals surface area contributed by atoms with Crippen LogP contribution in [0.5, 0.6) is 0 Å². The molecule has 0 saturated heterocycles. The number of aryl methyl sites for hydroxylation is 3. The fourth-order valence-electron chi connectivity index (χ4n) is 2.48. The molecule has 0 aliphatic carbocycles. The molecule has 0 saturated carbocycles. The highest BCUT2D eigenvalue weighted by atomic mass is 15.3. The van der Waals surface area contributed by atoms with Crippen LogP contribution in [-0.2, 0) is 20.1 Å². The third-order valence-electron chi connectivity index (χ3n) is 3.39. The van der Waals surface area contributed by atoms with Crippen molar-refractivity contribution in [2.45, 2.75) is 40.8 Å². The maximum Gasteiger partial charge on any atom is 0.100 e. The Hall–Kier alpha value is -1.62. The second kappa shape index (κ2) is 5.57. The lowest BCUT2D eigenvalue weighted by atomic mass is 10.1. The summed E-state index contributed by atoms with van der Waals surface area (Å²) in [5.74, 6) is 0. The van der Waals surface area contributed by atoms with Crippen LogP contribution in [0.25, 0.3) is 11.3 Å². The van der Waals surface area contributed by atoms with E-state index in [0.717, 1.165) is 31.0 Å². The first kappa shape index (κ1) is 13.8. The van der Waals surface area contributed by atoms with Crippen molar-refractivity contribution >= 4 is 0 Å². The quantitative estimate of drug-likeness (QED) is 0.896. The molecule has 2 rings (SSSR count). The summed E-state index contributed by atoms with van der Waals surface area (Å²) < 4.78 is 3.92. The van der Waals surface area contributed by atoms with E-state index in [1.54, 1.807) is 0 Å². The van der Waals surface area contributed by atoms with Gasteiger partial charge in [-0.3, -0.25) is 9.36 Å². The van der Waals surface area contributed by atoms with Crippen molar-refractivity contribution in [3.05, 3.63) is 23.1 Å². The lowest BCUT2D eigenvalue weighted by molar-refractivity contribution is 0.634. The van der Waals surface area contributed by atoms with E-state index in [4.69, 9.17) is 0 Å². The van der Waals surface area contributed by atoms with Crippen molar-refractivity contribution < 1.29 is 0 Å². The minimum Gasteiger partial charge on any atom is -0.313 e. The fourth-order valence-corrected chi connectivity index (χ4v) is 2.48. The van der Waals surface area contributed by atoms with Gasteiger partial charge in [0, 0.05) is 43.2 Å². The molecule has 1 N–H and O–H groups in total. The van der Waals surface area contributed by atoms with E-state index in [-0.39, 0.29) is 0 Å². The predicted molar refractivity (Wildman–Crippen MR) is 77.0 cm³/mol. The molecule has 5 nitrogen and oxygen atoms in total. The number of aromatic nitrogens is 4. The average molecular weight is 261 g/mol. The van der Waals surface area contributed by atoms with Crippen molar-refractivity contribution in [3.63, 3.8) is 0 Å². The molecule has 0 atom stereocenters. The highest BCUT2D eigenvalue weighted by Gasteiger charge is 2.18. The zero-order valence-corrected chi connectivity index (χ0v) is 12.5. The molecule has 2 aromatic rings. The summed E-state index contributed by atoms with van der Waals surface area (Å²) >= 11 is 0. The van der Waals surface area contributed by atoms with Crippen molar-refractivity contribution in [1.29, 1.82) is 0 Å². The molecule has 0 aliphatic heterocycles. The zero-order chi connectivity index (χ0) is 14.0. The standard InChI is InChI=1S/C14H23N5/c1-6-15-8-12-9-18(5)17-14(12)13-10(3)16-19(7-2)11(13)4/h9,15H,6-8H2,1-5H3. The monoisotopic (exact) mass is 261 g/mol. The van der Waals surface area contributed by atoms with Gasteiger partial charge < -0.3 is 5.32 Å². The fraction of sp³-hybridized carbons (Fsp3) is 0.571. The lowest BCUT2D eigenvalue weighted by Crippen LogP contribution is -2.12. The summed E-state index contributed by atoms with van der Waals surface area (Å²) in [6.45, 7) is 11.1. The van der Waals surface area contributed by atoms with Gasteiger partial charge in [-0.25, -0.2) is 0 Å². The summed E-state index contributed by atoms with van der Waals surface area (Å²) in [6, 6.07) is 0. The van der Waals surface area contributed by atoms with Gasteiger partial charge in [0.05, 0.1) is 5.69 Å². The highest BCUT2D eigenvalue weighted by Crippen LogP contribution is 2.28. The maximum atomic E-state index is 4.63. The van der Waals surface area contributed by atoms with Gasteiger partial charge in [-0.2, -0.15) is 10.2 Å². The molecule has 2 heterocycles. The van der Waals surface area contributed by atoms with Crippen LogP contribution in [-0.4, -0.2) is 26.1 Å². The van der Waals surface area contributed by atoms with E-state index in [1.807, 2.05) is 16.4 Å². The Kier molecular flexibility index (Phi) is 4.04. The Morgan fingerprint density at radius 2 is 1.95 bits per heavy atom. The first-order valence-electron chi connectivity index (χ1n) is 6.86. The Morgan fingerprint density at radius 3 is 2.53 bits per heavy atom. The van der Waals surface area contributed by atoms with Crippen molar-refractivity contribution in [3.8, 4) is 11.3 Å². The number of nitrogens with zero attached hydrogens (tertiary/aromatic N) is 4. The van der Waals surface area contributed by atoms with E-state index >= 15 is 0 Å². The number of nitrogens with one attached hydrogen (secondary N) is 1. The van der Waals surface area contributed by atoms with Crippen LogP contribution in [0.4, 0.5) is 0 Å². The molecule has 0 radical (unpaired) electrons. The first-order valence-corrected chi connectivity index (χ1v) is 6.86. The molecule has 0 unspecified atom stereocenters. The summed E-state index contributed by atoms with van der Waals surface area (Å²) in [6.07, 6.45) is 2.08. The smallest absolute Gasteiger partial charge is 0.100 e. The summed E-state index contributed by atoms with van der Waals surface area (Å²) in [7, 11) is 1.97. The second-order valence-corrected chi connectivity index (χ2v) is 4.82. The van der Waals surface area contributed by atoms with E-state index < -0.39 is 0 Å². The molecule has 2 aromatic heterocycles. The van der Waals surface area contributed by atoms with Gasteiger partial charge in [-0.05, 0) is 27.3 Å². The third-order valence-corrected chi connectivity index (χ3v) is 3.39. The third kappa shape index (κ3) is 2.56. The van der Waals surface area contributed by atoms with Crippen LogP contribution in [0.2, 0.25) is 0 Å². The summed E-state index contributed by atoms with van der Waals surface area (Å²) in [5.41, 5.74) is 5.70. The Labute approximate surface area is 114 Å². The molecule has 104 valence electrons. The van der Waals surface area contributed by atoms with Crippen molar-refractivity contribution in [1.82, 2.24) is 24.9 Å². The van der Waals surface area contributed by atoms with Gasteiger partial charge in [0.25, 0.3) is 0 Å². The Bertz CT molecular complexity index is 565. The van der Waals surface area contributed by atoms with Crippen LogP contribution in [0.1, 0.15) is 30.8 Å². The maximum absolute atomic E-state index is 4.63. The molecular formula is C14H23N5. The second-order valence-electron chi connectivity index (χ2n) is 4.82. The highest BCUT2D eigenvalue weighted by molar-refractivity contribution is 5.67. The summed E-state index contributed by atoms with van der Waals surface area (Å²) in [4.78, 5) is 0. The van der Waals surface area contributed by atoms with Crippen LogP contribution in [0, 0.1) is 13.8 Å². The summed E-state index contributed by atoms with van der Waals surface area (Å²) in [5, 5.41) is 12.6. The Morgan fingerprint density at radius 1 is 1.21 bits per heavy atom. The largest absolute Gasteiger partial charge is 0.313 e. The van der Waals surface area contributed by atoms with E-state index in [2.05, 4.69) is 49.4 Å². The van der Waals surface area contributed by atoms with Crippen molar-refractivity contribution in [2.24, 2.45) is 7.05 Å². The van der Waals surface area contributed by atoms with Gasteiger partial charge >= 0.3 is 0 Å². The van der Waals surface area contributed by atoms with Crippen LogP contribution in [0.3, 0.4) is 0 Å². The van der Waals surface area contributed by atoms with Crippen LogP contribution < -0.4 is 5.32 Å². The van der Waals surface area contributed by atoms with Gasteiger partial charge in [0.15, 0.2) is 0 Å². The molecule has 19 heavy (non-hydrogen) atoms. The van der Waals surface area contributed by atoms with Gasteiger partial charge in [0.1, 0.15) is 5.69 Å². The van der Waals surface area contributed by atoms with Crippen LogP contribution >= 0.6 is 0 Å². The molecule has 0 spiro atoms. The molecule has 5 heteroatoms. The van der Waals surface area contributed by atoms with Gasteiger partial charge in [-0.15, -0.1) is 0 Å². The van der Waals surface area contributed by atoms with Crippen molar-refractivity contribution in [2.75, 3.05) is 6.54 Å². The molecule has 0 aromatic carbocycles. The zero-order valence-electron chi connectivity index (χ0n) is 12.5. The topological polar surface area (TPSA) is 47.7 Å². The molecule has 0 bridgehead atoms. The average Bonchev–Trinajstić information content (AvgIpc) is 2.87. The number of hydrogen-bond donors (Lipinski definition) is 1. The number of rotatable bonds is 5. The molecule has 0 aliphatic rings. The molecule has 0 fully saturated rings. The van der Waals surface area contributed by atoms with Gasteiger partial charge in [0.2, 0.25) is 0 Å².